The van der Waals surface area contributed by atoms with Gasteiger partial charge in [0.2, 0.25) is 5.91 Å². The van der Waals surface area contributed by atoms with Gasteiger partial charge in [-0.1, -0.05) is 24.3 Å². The number of primary amides is 1. The van der Waals surface area contributed by atoms with Crippen LogP contribution in [0.4, 0.5) is 0 Å². The summed E-state index contributed by atoms with van der Waals surface area (Å²) in [5, 5.41) is 3.42. The van der Waals surface area contributed by atoms with E-state index in [0.29, 0.717) is 12.3 Å². The number of carbonyl (C=O) groups excluding carboxylic acids is 1. The Hall–Kier alpha value is -1.35. The van der Waals surface area contributed by atoms with Gasteiger partial charge in [0.05, 0.1) is 6.54 Å². The van der Waals surface area contributed by atoms with E-state index in [-0.39, 0.29) is 29.9 Å². The van der Waals surface area contributed by atoms with Gasteiger partial charge >= 0.3 is 0 Å². The second-order valence-electron chi connectivity index (χ2n) is 7.66. The van der Waals surface area contributed by atoms with E-state index in [4.69, 9.17) is 10.7 Å². The molecule has 2 aliphatic heterocycles. The van der Waals surface area contributed by atoms with Gasteiger partial charge in [-0.3, -0.25) is 14.7 Å². The minimum atomic E-state index is -0.200. The number of halogens is 1. The van der Waals surface area contributed by atoms with Crippen LogP contribution in [0.15, 0.2) is 29.3 Å². The number of piperidine rings is 1. The molecule has 7 heteroatoms. The van der Waals surface area contributed by atoms with E-state index in [2.05, 4.69) is 46.3 Å². The predicted octanol–water partition coefficient (Wildman–Crippen LogP) is 2.22. The molecule has 1 saturated heterocycles. The summed E-state index contributed by atoms with van der Waals surface area (Å²) in [5.74, 6) is 1.12. The van der Waals surface area contributed by atoms with Crippen molar-refractivity contribution in [2.45, 2.75) is 39.2 Å². The third kappa shape index (κ3) is 6.62. The zero-order valence-corrected chi connectivity index (χ0v) is 19.2. The fraction of sp³-hybridized carbons (Fsp3) is 0.619. The number of guanidine groups is 1. The first kappa shape index (κ1) is 22.9. The van der Waals surface area contributed by atoms with Gasteiger partial charge in [0.15, 0.2) is 5.96 Å². The molecule has 1 unspecified atom stereocenters. The number of rotatable bonds is 6. The number of benzene rings is 1. The first-order chi connectivity index (χ1) is 13.2. The molecule has 2 heterocycles. The van der Waals surface area contributed by atoms with Crippen molar-refractivity contribution in [1.82, 2.24) is 15.1 Å². The number of hydrogen-bond donors (Lipinski definition) is 2. The van der Waals surface area contributed by atoms with Crippen molar-refractivity contribution in [2.24, 2.45) is 16.6 Å². The fourth-order valence-electron chi connectivity index (χ4n) is 4.18. The van der Waals surface area contributed by atoms with Crippen LogP contribution >= 0.6 is 24.0 Å². The number of nitrogens with zero attached hydrogens (tertiary/aromatic N) is 3. The molecule has 0 bridgehead atoms. The molecule has 1 atom stereocenters. The lowest BCUT2D eigenvalue weighted by atomic mass is 9.95. The van der Waals surface area contributed by atoms with Gasteiger partial charge in [0.1, 0.15) is 0 Å². The molecule has 1 aromatic carbocycles. The molecule has 0 aromatic heterocycles. The molecular formula is C21H34IN5O. The minimum absolute atomic E-state index is 0. The Morgan fingerprint density at radius 3 is 2.82 bits per heavy atom. The minimum Gasteiger partial charge on any atom is -0.370 e. The van der Waals surface area contributed by atoms with Crippen molar-refractivity contribution in [3.05, 3.63) is 35.4 Å². The van der Waals surface area contributed by atoms with Crippen molar-refractivity contribution in [3.63, 3.8) is 0 Å². The summed E-state index contributed by atoms with van der Waals surface area (Å²) >= 11 is 0. The molecule has 1 aromatic rings. The summed E-state index contributed by atoms with van der Waals surface area (Å²) in [4.78, 5) is 20.9. The van der Waals surface area contributed by atoms with E-state index in [1.54, 1.807) is 0 Å². The topological polar surface area (TPSA) is 74.0 Å². The first-order valence-corrected chi connectivity index (χ1v) is 10.3. The summed E-state index contributed by atoms with van der Waals surface area (Å²) < 4.78 is 0. The van der Waals surface area contributed by atoms with Crippen molar-refractivity contribution in [2.75, 3.05) is 39.3 Å². The Kier molecular flexibility index (Phi) is 9.50. The van der Waals surface area contributed by atoms with Crippen LogP contribution in [0.5, 0.6) is 0 Å². The molecular weight excluding hydrogens is 465 g/mol. The SMILES string of the molecule is CCNC(=NCCN1CCc2ccccc2C1)N1CCCC(CC(N)=O)C1.I. The van der Waals surface area contributed by atoms with Gasteiger partial charge < -0.3 is 16.0 Å². The number of fused-ring (bicyclic) bond motifs is 1. The molecule has 0 aliphatic carbocycles. The number of amides is 1. The molecule has 0 radical (unpaired) electrons. The van der Waals surface area contributed by atoms with Crippen molar-refractivity contribution in [1.29, 1.82) is 0 Å². The maximum Gasteiger partial charge on any atom is 0.217 e. The Balaban J connectivity index is 0.00000280. The summed E-state index contributed by atoms with van der Waals surface area (Å²) in [6, 6.07) is 8.74. The lowest BCUT2D eigenvalue weighted by molar-refractivity contribution is -0.119. The summed E-state index contributed by atoms with van der Waals surface area (Å²) in [6.45, 7) is 8.71. The second kappa shape index (κ2) is 11.6. The number of nitrogens with one attached hydrogen (secondary N) is 1. The van der Waals surface area contributed by atoms with E-state index in [1.807, 2.05) is 0 Å². The van der Waals surface area contributed by atoms with Gasteiger partial charge in [0.25, 0.3) is 0 Å². The van der Waals surface area contributed by atoms with Crippen molar-refractivity contribution >= 4 is 35.8 Å². The Labute approximate surface area is 186 Å². The van der Waals surface area contributed by atoms with Crippen LogP contribution in [0.2, 0.25) is 0 Å². The van der Waals surface area contributed by atoms with Crippen LogP contribution in [0.25, 0.3) is 0 Å². The normalized spacial score (nSPS) is 20.2. The fourth-order valence-corrected chi connectivity index (χ4v) is 4.18. The van der Waals surface area contributed by atoms with Crippen LogP contribution in [-0.4, -0.2) is 60.9 Å². The van der Waals surface area contributed by atoms with Crippen LogP contribution in [0.1, 0.15) is 37.3 Å². The number of nitrogens with two attached hydrogens (primary N) is 1. The molecule has 3 N–H and O–H groups in total. The van der Waals surface area contributed by atoms with Crippen LogP contribution in [0, 0.1) is 5.92 Å². The quantitative estimate of drug-likeness (QED) is 0.358. The highest BCUT2D eigenvalue weighted by Gasteiger charge is 2.23. The van der Waals surface area contributed by atoms with E-state index in [1.165, 1.54) is 11.1 Å². The predicted molar refractivity (Wildman–Crippen MR) is 125 cm³/mol. The highest BCUT2D eigenvalue weighted by molar-refractivity contribution is 14.0. The first-order valence-electron chi connectivity index (χ1n) is 10.3. The van der Waals surface area contributed by atoms with Crippen molar-refractivity contribution in [3.8, 4) is 0 Å². The van der Waals surface area contributed by atoms with Crippen LogP contribution in [-0.2, 0) is 17.8 Å². The van der Waals surface area contributed by atoms with Gasteiger partial charge in [-0.15, -0.1) is 24.0 Å². The van der Waals surface area contributed by atoms with Crippen LogP contribution < -0.4 is 11.1 Å². The number of aliphatic imine (C=N–C) groups is 1. The molecule has 6 nitrogen and oxygen atoms in total. The van der Waals surface area contributed by atoms with Gasteiger partial charge in [-0.25, -0.2) is 0 Å². The molecule has 3 rings (SSSR count). The zero-order chi connectivity index (χ0) is 19.1. The molecule has 1 fully saturated rings. The Morgan fingerprint density at radius 2 is 2.07 bits per heavy atom. The molecule has 1 amide bonds. The molecule has 0 spiro atoms. The smallest absolute Gasteiger partial charge is 0.217 e. The molecule has 0 saturated carbocycles. The summed E-state index contributed by atoms with van der Waals surface area (Å²) in [5.41, 5.74) is 8.33. The van der Waals surface area contributed by atoms with Gasteiger partial charge in [-0.2, -0.15) is 0 Å². The monoisotopic (exact) mass is 499 g/mol. The standard InChI is InChI=1S/C21H33N5O.HI/c1-2-23-21(26-11-5-6-17(15-26)14-20(22)27)24-10-13-25-12-9-18-7-3-4-8-19(18)16-25;/h3-4,7-8,17H,2,5-6,9-16H2,1H3,(H2,22,27)(H,23,24);1H. The van der Waals surface area contributed by atoms with Crippen molar-refractivity contribution < 1.29 is 4.79 Å². The largest absolute Gasteiger partial charge is 0.370 e. The highest BCUT2D eigenvalue weighted by Crippen LogP contribution is 2.20. The number of hydrogen-bond acceptors (Lipinski definition) is 3. The summed E-state index contributed by atoms with van der Waals surface area (Å²) in [7, 11) is 0. The second-order valence-corrected chi connectivity index (χ2v) is 7.66. The Bertz CT molecular complexity index is 666. The maximum absolute atomic E-state index is 11.3. The number of carbonyl (C=O) groups is 1. The van der Waals surface area contributed by atoms with Crippen LogP contribution in [0.3, 0.4) is 0 Å². The highest BCUT2D eigenvalue weighted by atomic mass is 127. The summed E-state index contributed by atoms with van der Waals surface area (Å²) in [6.07, 6.45) is 3.77. The maximum atomic E-state index is 11.3. The van der Waals surface area contributed by atoms with E-state index < -0.39 is 0 Å². The average Bonchev–Trinajstić information content (AvgIpc) is 2.67. The zero-order valence-electron chi connectivity index (χ0n) is 16.9. The average molecular weight is 499 g/mol. The lowest BCUT2D eigenvalue weighted by Gasteiger charge is -2.35. The lowest BCUT2D eigenvalue weighted by Crippen LogP contribution is -2.47. The third-order valence-corrected chi connectivity index (χ3v) is 5.53. The molecule has 28 heavy (non-hydrogen) atoms. The van der Waals surface area contributed by atoms with E-state index in [0.717, 1.165) is 71.0 Å². The molecule has 2 aliphatic rings. The Morgan fingerprint density at radius 1 is 1.29 bits per heavy atom. The van der Waals surface area contributed by atoms with Gasteiger partial charge in [-0.05, 0) is 43.2 Å². The van der Waals surface area contributed by atoms with Gasteiger partial charge in [0, 0.05) is 45.7 Å². The third-order valence-electron chi connectivity index (χ3n) is 5.53. The molecule has 156 valence electrons. The van der Waals surface area contributed by atoms with E-state index in [9.17, 15) is 4.79 Å². The van der Waals surface area contributed by atoms with E-state index >= 15 is 0 Å². The number of likely N-dealkylation sites (tertiary alicyclic amines) is 1.